The summed E-state index contributed by atoms with van der Waals surface area (Å²) in [5, 5.41) is 0. The number of benzene rings is 1. The van der Waals surface area contributed by atoms with Crippen LogP contribution in [0.3, 0.4) is 0 Å². The molecule has 0 aliphatic rings. The van der Waals surface area contributed by atoms with Crippen molar-refractivity contribution in [3.05, 3.63) is 35.9 Å². The zero-order chi connectivity index (χ0) is 12.2. The fourth-order valence-electron chi connectivity index (χ4n) is 1.42. The van der Waals surface area contributed by atoms with Gasteiger partial charge in [-0.3, -0.25) is 0 Å². The Morgan fingerprint density at radius 1 is 1.19 bits per heavy atom. The molecular formula is C11H17NO3S. The number of aryl methyl sites for hydroxylation is 1. The van der Waals surface area contributed by atoms with E-state index in [2.05, 4.69) is 0 Å². The van der Waals surface area contributed by atoms with Gasteiger partial charge in [-0.1, -0.05) is 30.3 Å². The van der Waals surface area contributed by atoms with E-state index < -0.39 is 14.2 Å². The highest BCUT2D eigenvalue weighted by Crippen LogP contribution is 2.09. The summed E-state index contributed by atoms with van der Waals surface area (Å²) in [5.74, 6) is 0. The van der Waals surface area contributed by atoms with Gasteiger partial charge < -0.3 is 4.55 Å². The van der Waals surface area contributed by atoms with Crippen molar-refractivity contribution in [3.63, 3.8) is 0 Å². The Morgan fingerprint density at radius 3 is 2.25 bits per heavy atom. The van der Waals surface area contributed by atoms with E-state index in [4.69, 9.17) is 0 Å². The second-order valence-corrected chi connectivity index (χ2v) is 6.16. The van der Waals surface area contributed by atoms with Gasteiger partial charge >= 0.3 is 0 Å². The topological polar surface area (TPSA) is 57.2 Å². The van der Waals surface area contributed by atoms with Crippen LogP contribution in [0.25, 0.3) is 0 Å². The van der Waals surface area contributed by atoms with E-state index >= 15 is 0 Å². The van der Waals surface area contributed by atoms with E-state index in [-0.39, 0.29) is 0 Å². The molecule has 0 unspecified atom stereocenters. The van der Waals surface area contributed by atoms with Crippen LogP contribution in [0.1, 0.15) is 12.0 Å². The van der Waals surface area contributed by atoms with Crippen molar-refractivity contribution >= 4 is 10.3 Å². The molecule has 0 heterocycles. The molecule has 0 aliphatic carbocycles. The first-order valence-electron chi connectivity index (χ1n) is 5.16. The predicted molar refractivity (Wildman–Crippen MR) is 61.4 cm³/mol. The first kappa shape index (κ1) is 13.2. The molecule has 90 valence electrons. The molecule has 4 nitrogen and oxygen atoms in total. The summed E-state index contributed by atoms with van der Waals surface area (Å²) in [5.41, 5.74) is 1.16. The van der Waals surface area contributed by atoms with E-state index in [1.807, 2.05) is 30.3 Å². The predicted octanol–water partition coefficient (Wildman–Crippen LogP) is 1.16. The minimum absolute atomic E-state index is 0.334. The van der Waals surface area contributed by atoms with Crippen LogP contribution in [0.5, 0.6) is 0 Å². The van der Waals surface area contributed by atoms with Crippen molar-refractivity contribution in [3.8, 4) is 0 Å². The molecule has 0 amide bonds. The van der Waals surface area contributed by atoms with Gasteiger partial charge in [0.1, 0.15) is 0 Å². The van der Waals surface area contributed by atoms with E-state index in [0.29, 0.717) is 13.0 Å². The van der Waals surface area contributed by atoms with Crippen molar-refractivity contribution in [2.45, 2.75) is 12.8 Å². The Hall–Kier alpha value is -0.910. The summed E-state index contributed by atoms with van der Waals surface area (Å²) in [6.07, 6.45) is 1.47. The molecule has 0 radical (unpaired) electrons. The molecule has 0 saturated heterocycles. The maximum absolute atomic E-state index is 10.9. The Balaban J connectivity index is 2.48. The average molecular weight is 243 g/mol. The third-order valence-electron chi connectivity index (χ3n) is 2.61. The molecule has 0 spiro atoms. The van der Waals surface area contributed by atoms with Crippen molar-refractivity contribution in [2.75, 3.05) is 20.6 Å². The Labute approximate surface area is 97.0 Å². The summed E-state index contributed by atoms with van der Waals surface area (Å²) >= 11 is 0. The van der Waals surface area contributed by atoms with Gasteiger partial charge in [0.15, 0.2) is 0 Å². The number of rotatable bonds is 5. The van der Waals surface area contributed by atoms with Gasteiger partial charge in [0.05, 0.1) is 20.6 Å². The fourth-order valence-corrected chi connectivity index (χ4v) is 1.77. The highest BCUT2D eigenvalue weighted by atomic mass is 32.2. The summed E-state index contributed by atoms with van der Waals surface area (Å²) in [7, 11) is -1.42. The summed E-state index contributed by atoms with van der Waals surface area (Å²) in [6, 6.07) is 9.81. The summed E-state index contributed by atoms with van der Waals surface area (Å²) in [4.78, 5) is 0. The van der Waals surface area contributed by atoms with Gasteiger partial charge in [0.2, 0.25) is 0 Å². The zero-order valence-electron chi connectivity index (χ0n) is 9.59. The lowest BCUT2D eigenvalue weighted by atomic mass is 10.1. The van der Waals surface area contributed by atoms with Gasteiger partial charge in [0, 0.05) is 6.42 Å². The maximum atomic E-state index is 10.9. The smallest absolute Gasteiger partial charge is 0.254 e. The third kappa shape index (κ3) is 3.59. The second-order valence-electron chi connectivity index (χ2n) is 4.31. The molecule has 0 aliphatic heterocycles. The van der Waals surface area contributed by atoms with Crippen molar-refractivity contribution in [1.29, 1.82) is 0 Å². The minimum atomic E-state index is -4.27. The number of nitrogens with zero attached hydrogens (tertiary/aromatic N) is 1. The Bertz CT molecular complexity index is 426. The fraction of sp³-hybridized carbons (Fsp3) is 0.455. The standard InChI is InChI=1S/C11H17NO3S/c1-12(2,16(13,14)15)10-6-9-11-7-4-3-5-8-11/h3-5,7-8H,6,9-10H2,1-2H3. The first-order valence-corrected chi connectivity index (χ1v) is 6.52. The number of quaternary nitrogens is 1. The molecule has 1 aromatic rings. The van der Waals surface area contributed by atoms with Crippen LogP contribution in [0.2, 0.25) is 0 Å². The molecule has 0 bridgehead atoms. The van der Waals surface area contributed by atoms with Crippen LogP contribution in [-0.4, -0.2) is 37.5 Å². The van der Waals surface area contributed by atoms with Gasteiger partial charge in [0.25, 0.3) is 10.3 Å². The van der Waals surface area contributed by atoms with Crippen molar-refractivity contribution in [1.82, 2.24) is 0 Å². The monoisotopic (exact) mass is 243 g/mol. The summed E-state index contributed by atoms with van der Waals surface area (Å²) in [6.45, 7) is 0.334. The van der Waals surface area contributed by atoms with Crippen LogP contribution in [0.4, 0.5) is 0 Å². The van der Waals surface area contributed by atoms with Gasteiger partial charge in [-0.05, 0) is 12.0 Å². The molecule has 5 heteroatoms. The van der Waals surface area contributed by atoms with E-state index in [1.54, 1.807) is 0 Å². The van der Waals surface area contributed by atoms with E-state index in [0.717, 1.165) is 12.0 Å². The molecule has 0 N–H and O–H groups in total. The average Bonchev–Trinajstić information content (AvgIpc) is 2.17. The van der Waals surface area contributed by atoms with E-state index in [9.17, 15) is 13.0 Å². The summed E-state index contributed by atoms with van der Waals surface area (Å²) < 4.78 is 32.2. The van der Waals surface area contributed by atoms with Gasteiger partial charge in [-0.25, -0.2) is 3.89 Å². The minimum Gasteiger partial charge on any atom is -0.702 e. The normalized spacial score (nSPS) is 12.7. The Kier molecular flexibility index (Phi) is 4.07. The lowest BCUT2D eigenvalue weighted by Gasteiger charge is -2.30. The molecule has 0 aromatic heterocycles. The molecule has 16 heavy (non-hydrogen) atoms. The quantitative estimate of drug-likeness (QED) is 0.576. The molecule has 1 aromatic carbocycles. The molecule has 0 fully saturated rings. The van der Waals surface area contributed by atoms with E-state index in [1.165, 1.54) is 14.1 Å². The number of hydrogen-bond acceptors (Lipinski definition) is 3. The molecule has 0 atom stereocenters. The number of hydrogen-bond donors (Lipinski definition) is 0. The van der Waals surface area contributed by atoms with Crippen LogP contribution < -0.4 is 0 Å². The maximum Gasteiger partial charge on any atom is 0.254 e. The molecule has 0 saturated carbocycles. The third-order valence-corrected chi connectivity index (χ3v) is 4.00. The second kappa shape index (κ2) is 4.95. The Morgan fingerprint density at radius 2 is 1.75 bits per heavy atom. The first-order chi connectivity index (χ1) is 7.33. The van der Waals surface area contributed by atoms with Crippen molar-refractivity contribution < 1.29 is 16.9 Å². The van der Waals surface area contributed by atoms with Crippen LogP contribution >= 0.6 is 0 Å². The van der Waals surface area contributed by atoms with Crippen LogP contribution in [-0.2, 0) is 16.7 Å². The van der Waals surface area contributed by atoms with Crippen LogP contribution in [0, 0.1) is 0 Å². The van der Waals surface area contributed by atoms with Gasteiger partial charge in [-0.2, -0.15) is 8.42 Å². The van der Waals surface area contributed by atoms with Gasteiger partial charge in [-0.15, -0.1) is 0 Å². The molecule has 1 rings (SSSR count). The zero-order valence-corrected chi connectivity index (χ0v) is 10.4. The SMILES string of the molecule is C[N+](C)(CCCc1ccccc1)S(=O)(=O)[O-]. The lowest BCUT2D eigenvalue weighted by molar-refractivity contribution is -0.767. The highest BCUT2D eigenvalue weighted by Gasteiger charge is 2.22. The lowest BCUT2D eigenvalue weighted by Crippen LogP contribution is -2.45. The van der Waals surface area contributed by atoms with Crippen LogP contribution in [0.15, 0.2) is 30.3 Å². The highest BCUT2D eigenvalue weighted by molar-refractivity contribution is 7.79. The van der Waals surface area contributed by atoms with Crippen molar-refractivity contribution in [2.24, 2.45) is 0 Å². The molecular weight excluding hydrogens is 226 g/mol. The largest absolute Gasteiger partial charge is 0.702 e.